The van der Waals surface area contributed by atoms with Gasteiger partial charge in [0.05, 0.1) is 7.11 Å². The second-order valence-electron chi connectivity index (χ2n) is 3.80. The van der Waals surface area contributed by atoms with Gasteiger partial charge in [0, 0.05) is 6.07 Å². The van der Waals surface area contributed by atoms with Crippen molar-refractivity contribution >= 4 is 6.47 Å². The molecule has 0 bridgehead atoms. The summed E-state index contributed by atoms with van der Waals surface area (Å²) >= 11 is 0. The lowest BCUT2D eigenvalue weighted by molar-refractivity contribution is -0.120. The molecule has 4 heteroatoms. The highest BCUT2D eigenvalue weighted by Gasteiger charge is 2.06. The van der Waals surface area contributed by atoms with Gasteiger partial charge in [-0.1, -0.05) is 30.3 Å². The van der Waals surface area contributed by atoms with Crippen molar-refractivity contribution in [3.63, 3.8) is 0 Å². The summed E-state index contributed by atoms with van der Waals surface area (Å²) in [7, 11) is 1.51. The van der Waals surface area contributed by atoms with Gasteiger partial charge >= 0.3 is 0 Å². The zero-order valence-electron chi connectivity index (χ0n) is 10.5. The average Bonchev–Trinajstić information content (AvgIpc) is 2.47. The lowest BCUT2D eigenvalue weighted by Crippen LogP contribution is -1.97. The van der Waals surface area contributed by atoms with Crippen molar-refractivity contribution in [2.75, 3.05) is 7.11 Å². The summed E-state index contributed by atoms with van der Waals surface area (Å²) in [6.45, 7) is 0.834. The van der Waals surface area contributed by atoms with Crippen LogP contribution in [0.1, 0.15) is 5.56 Å². The smallest absolute Gasteiger partial charge is 0.298 e. The van der Waals surface area contributed by atoms with E-state index in [1.54, 1.807) is 18.2 Å². The molecule has 0 saturated heterocycles. The van der Waals surface area contributed by atoms with Crippen LogP contribution >= 0.6 is 0 Å². The minimum absolute atomic E-state index is 0.363. The third-order valence-electron chi connectivity index (χ3n) is 2.56. The molecule has 0 spiro atoms. The molecule has 0 unspecified atom stereocenters. The lowest BCUT2D eigenvalue weighted by atomic mass is 10.2. The Balaban J connectivity index is 2.07. The third-order valence-corrected chi connectivity index (χ3v) is 2.56. The fourth-order valence-corrected chi connectivity index (χ4v) is 1.63. The number of hydrogen-bond donors (Lipinski definition) is 0. The van der Waals surface area contributed by atoms with Crippen molar-refractivity contribution in [2.45, 2.75) is 6.61 Å². The third kappa shape index (κ3) is 3.48. The van der Waals surface area contributed by atoms with E-state index in [0.29, 0.717) is 30.3 Å². The number of ether oxygens (including phenoxy) is 3. The first-order valence-electron chi connectivity index (χ1n) is 5.78. The maximum Gasteiger partial charge on any atom is 0.298 e. The van der Waals surface area contributed by atoms with Crippen molar-refractivity contribution in [1.29, 1.82) is 0 Å². The van der Waals surface area contributed by atoms with Gasteiger partial charge in [-0.05, 0) is 17.7 Å². The van der Waals surface area contributed by atoms with E-state index in [-0.39, 0.29) is 0 Å². The van der Waals surface area contributed by atoms with Gasteiger partial charge in [0.1, 0.15) is 12.4 Å². The molecule has 0 atom stereocenters. The highest BCUT2D eigenvalue weighted by Crippen LogP contribution is 2.31. The Kier molecular flexibility index (Phi) is 4.39. The zero-order chi connectivity index (χ0) is 13.5. The minimum Gasteiger partial charge on any atom is -0.493 e. The molecule has 0 aliphatic rings. The van der Waals surface area contributed by atoms with Gasteiger partial charge in [-0.15, -0.1) is 0 Å². The molecular weight excluding hydrogens is 244 g/mol. The fourth-order valence-electron chi connectivity index (χ4n) is 1.63. The standard InChI is InChI=1S/C15H14O4/c1-17-15-9-13(7-8-14(15)19-11-16)18-10-12-5-3-2-4-6-12/h2-9,11H,10H2,1H3. The van der Waals surface area contributed by atoms with E-state index in [9.17, 15) is 4.79 Å². The van der Waals surface area contributed by atoms with Crippen molar-refractivity contribution in [3.8, 4) is 17.2 Å². The van der Waals surface area contributed by atoms with Crippen LogP contribution in [-0.4, -0.2) is 13.6 Å². The molecule has 0 amide bonds. The molecule has 0 aliphatic carbocycles. The zero-order valence-corrected chi connectivity index (χ0v) is 10.5. The van der Waals surface area contributed by atoms with E-state index in [2.05, 4.69) is 0 Å². The van der Waals surface area contributed by atoms with E-state index >= 15 is 0 Å². The first kappa shape index (κ1) is 13.0. The normalized spacial score (nSPS) is 9.74. The molecule has 0 radical (unpaired) electrons. The van der Waals surface area contributed by atoms with Crippen molar-refractivity contribution < 1.29 is 19.0 Å². The maximum absolute atomic E-state index is 10.3. The summed E-state index contributed by atoms with van der Waals surface area (Å²) in [4.78, 5) is 10.3. The number of methoxy groups -OCH3 is 1. The topological polar surface area (TPSA) is 44.8 Å². The molecule has 0 heterocycles. The highest BCUT2D eigenvalue weighted by atomic mass is 16.5. The molecule has 98 valence electrons. The van der Waals surface area contributed by atoms with Crippen LogP contribution in [0.25, 0.3) is 0 Å². The van der Waals surface area contributed by atoms with Crippen LogP contribution in [0.15, 0.2) is 48.5 Å². The van der Waals surface area contributed by atoms with Crippen molar-refractivity contribution in [3.05, 3.63) is 54.1 Å². The molecular formula is C15H14O4. The Morgan fingerprint density at radius 1 is 1.05 bits per heavy atom. The molecule has 0 aromatic heterocycles. The van der Waals surface area contributed by atoms with Crippen LogP contribution in [0.3, 0.4) is 0 Å². The van der Waals surface area contributed by atoms with Crippen LogP contribution in [0, 0.1) is 0 Å². The van der Waals surface area contributed by atoms with Crippen molar-refractivity contribution in [2.24, 2.45) is 0 Å². The molecule has 19 heavy (non-hydrogen) atoms. The molecule has 4 nitrogen and oxygen atoms in total. The number of hydrogen-bond acceptors (Lipinski definition) is 4. The number of benzene rings is 2. The number of carbonyl (C=O) groups is 1. The molecule has 2 aromatic rings. The molecule has 2 rings (SSSR count). The van der Waals surface area contributed by atoms with E-state index in [4.69, 9.17) is 14.2 Å². The van der Waals surface area contributed by atoms with E-state index < -0.39 is 0 Å². The van der Waals surface area contributed by atoms with Crippen LogP contribution < -0.4 is 14.2 Å². The second-order valence-corrected chi connectivity index (χ2v) is 3.80. The largest absolute Gasteiger partial charge is 0.493 e. The highest BCUT2D eigenvalue weighted by molar-refractivity contribution is 5.53. The van der Waals surface area contributed by atoms with Gasteiger partial charge in [-0.25, -0.2) is 0 Å². The Morgan fingerprint density at radius 2 is 1.84 bits per heavy atom. The lowest BCUT2D eigenvalue weighted by Gasteiger charge is -2.10. The van der Waals surface area contributed by atoms with Crippen LogP contribution in [0.2, 0.25) is 0 Å². The average molecular weight is 258 g/mol. The summed E-state index contributed by atoms with van der Waals surface area (Å²) in [5.74, 6) is 1.47. The van der Waals surface area contributed by atoms with Crippen LogP contribution in [-0.2, 0) is 11.4 Å². The number of carbonyl (C=O) groups excluding carboxylic acids is 1. The first-order chi connectivity index (χ1) is 9.33. The van der Waals surface area contributed by atoms with Gasteiger partial charge in [0.2, 0.25) is 0 Å². The van der Waals surface area contributed by atoms with E-state index in [0.717, 1.165) is 5.56 Å². The van der Waals surface area contributed by atoms with Crippen LogP contribution in [0.4, 0.5) is 0 Å². The van der Waals surface area contributed by atoms with Gasteiger partial charge in [0.25, 0.3) is 6.47 Å². The Hall–Kier alpha value is -2.49. The maximum atomic E-state index is 10.3. The van der Waals surface area contributed by atoms with Gasteiger partial charge in [-0.3, -0.25) is 4.79 Å². The summed E-state index contributed by atoms with van der Waals surface area (Å²) in [5.41, 5.74) is 1.08. The monoisotopic (exact) mass is 258 g/mol. The predicted molar refractivity (Wildman–Crippen MR) is 70.5 cm³/mol. The number of rotatable bonds is 6. The predicted octanol–water partition coefficient (Wildman–Crippen LogP) is 2.81. The second kappa shape index (κ2) is 6.44. The minimum atomic E-state index is 0.363. The molecule has 0 fully saturated rings. The SMILES string of the molecule is COc1cc(OCc2ccccc2)ccc1OC=O. The van der Waals surface area contributed by atoms with Gasteiger partial charge in [0.15, 0.2) is 11.5 Å². The van der Waals surface area contributed by atoms with Gasteiger partial charge in [-0.2, -0.15) is 0 Å². The van der Waals surface area contributed by atoms with Crippen LogP contribution in [0.5, 0.6) is 17.2 Å². The quantitative estimate of drug-likeness (QED) is 0.747. The summed E-state index contributed by atoms with van der Waals surface area (Å²) in [6.07, 6.45) is 0. The molecule has 0 saturated carbocycles. The van der Waals surface area contributed by atoms with E-state index in [1.165, 1.54) is 7.11 Å². The summed E-state index contributed by atoms with van der Waals surface area (Å²) in [5, 5.41) is 0. The summed E-state index contributed by atoms with van der Waals surface area (Å²) in [6, 6.07) is 14.9. The first-order valence-corrected chi connectivity index (χ1v) is 5.78. The molecule has 0 N–H and O–H groups in total. The van der Waals surface area contributed by atoms with E-state index in [1.807, 2.05) is 30.3 Å². The molecule has 0 aliphatic heterocycles. The Morgan fingerprint density at radius 3 is 2.53 bits per heavy atom. The summed E-state index contributed by atoms with van der Waals surface area (Å²) < 4.78 is 15.6. The molecule has 2 aromatic carbocycles. The Labute approximate surface area is 111 Å². The van der Waals surface area contributed by atoms with Gasteiger partial charge < -0.3 is 14.2 Å². The fraction of sp³-hybridized carbons (Fsp3) is 0.133. The van der Waals surface area contributed by atoms with Crippen molar-refractivity contribution in [1.82, 2.24) is 0 Å². The Bertz CT molecular complexity index is 537.